The normalized spacial score (nSPS) is 11.3. The molecule has 0 amide bonds. The highest BCUT2D eigenvalue weighted by molar-refractivity contribution is 6.21. The van der Waals surface area contributed by atoms with Gasteiger partial charge < -0.3 is 14.0 Å². The second kappa shape index (κ2) is 10.6. The van der Waals surface area contributed by atoms with E-state index in [2.05, 4.69) is 11.5 Å². The maximum Gasteiger partial charge on any atom is 0.197 e. The molecule has 41 heavy (non-hydrogen) atoms. The summed E-state index contributed by atoms with van der Waals surface area (Å²) in [6.07, 6.45) is 0. The molecule has 0 bridgehead atoms. The quantitative estimate of drug-likeness (QED) is 0.183. The number of carbonyl (C=O) groups is 2. The van der Waals surface area contributed by atoms with E-state index in [4.69, 9.17) is 9.47 Å². The van der Waals surface area contributed by atoms with Gasteiger partial charge >= 0.3 is 0 Å². The molecule has 0 fully saturated rings. The van der Waals surface area contributed by atoms with Crippen LogP contribution >= 0.6 is 0 Å². The molecule has 0 radical (unpaired) electrons. The van der Waals surface area contributed by atoms with Gasteiger partial charge in [0.2, 0.25) is 0 Å². The Morgan fingerprint density at radius 1 is 0.732 bits per heavy atom. The van der Waals surface area contributed by atoms with E-state index in [9.17, 15) is 9.59 Å². The fraction of sp³-hybridized carbons (Fsp3) is 0.167. The van der Waals surface area contributed by atoms with Crippen LogP contribution in [0.15, 0.2) is 91.0 Å². The van der Waals surface area contributed by atoms with Gasteiger partial charge in [-0.15, -0.1) is 0 Å². The van der Waals surface area contributed by atoms with Crippen molar-refractivity contribution < 1.29 is 19.1 Å². The summed E-state index contributed by atoms with van der Waals surface area (Å²) in [7, 11) is 1.62. The molecule has 0 aliphatic rings. The van der Waals surface area contributed by atoms with Crippen LogP contribution < -0.4 is 9.47 Å². The summed E-state index contributed by atoms with van der Waals surface area (Å²) in [5.74, 6) is 1.16. The first-order valence-corrected chi connectivity index (χ1v) is 13.9. The van der Waals surface area contributed by atoms with Crippen molar-refractivity contribution in [3.63, 3.8) is 0 Å². The highest BCUT2D eigenvalue weighted by Crippen LogP contribution is 2.35. The third-order valence-electron chi connectivity index (χ3n) is 7.80. The molecule has 1 heterocycles. The van der Waals surface area contributed by atoms with Crippen molar-refractivity contribution in [1.82, 2.24) is 4.57 Å². The SMILES string of the molecule is CCOc1ccc2ccccc2c1C(=O)c1ccc2c(c1)c1cc(C(=O)c3ccc(OC)cc3C)ccc1n2CC. The number of carbonyl (C=O) groups excluding carboxylic acids is 2. The molecule has 0 saturated carbocycles. The van der Waals surface area contributed by atoms with Gasteiger partial charge in [0.1, 0.15) is 11.5 Å². The molecule has 5 heteroatoms. The third-order valence-corrected chi connectivity index (χ3v) is 7.80. The Morgan fingerprint density at radius 2 is 1.41 bits per heavy atom. The Balaban J connectivity index is 1.51. The van der Waals surface area contributed by atoms with Crippen LogP contribution in [0.25, 0.3) is 32.6 Å². The predicted molar refractivity (Wildman–Crippen MR) is 165 cm³/mol. The molecule has 0 N–H and O–H groups in total. The number of nitrogens with zero attached hydrogens (tertiary/aromatic N) is 1. The van der Waals surface area contributed by atoms with Crippen LogP contribution in [-0.2, 0) is 6.54 Å². The first kappa shape index (κ1) is 26.3. The zero-order valence-electron chi connectivity index (χ0n) is 23.7. The fourth-order valence-electron chi connectivity index (χ4n) is 5.81. The number of aromatic nitrogens is 1. The van der Waals surface area contributed by atoms with E-state index >= 15 is 0 Å². The summed E-state index contributed by atoms with van der Waals surface area (Å²) in [5.41, 5.74) is 5.29. The van der Waals surface area contributed by atoms with E-state index in [1.807, 2.05) is 105 Å². The topological polar surface area (TPSA) is 57.5 Å². The molecule has 204 valence electrons. The Bertz CT molecular complexity index is 1980. The van der Waals surface area contributed by atoms with Crippen molar-refractivity contribution in [2.45, 2.75) is 27.3 Å². The van der Waals surface area contributed by atoms with Gasteiger partial charge in [0.25, 0.3) is 0 Å². The summed E-state index contributed by atoms with van der Waals surface area (Å²) in [6, 6.07) is 28.9. The average molecular weight is 542 g/mol. The maximum absolute atomic E-state index is 14.1. The monoisotopic (exact) mass is 541 g/mol. The highest BCUT2D eigenvalue weighted by Gasteiger charge is 2.21. The van der Waals surface area contributed by atoms with Crippen LogP contribution in [0.4, 0.5) is 0 Å². The fourth-order valence-corrected chi connectivity index (χ4v) is 5.81. The lowest BCUT2D eigenvalue weighted by atomic mass is 9.94. The van der Waals surface area contributed by atoms with Crippen molar-refractivity contribution in [1.29, 1.82) is 0 Å². The molecule has 6 aromatic rings. The van der Waals surface area contributed by atoms with Gasteiger partial charge in [-0.05, 0) is 97.8 Å². The summed E-state index contributed by atoms with van der Waals surface area (Å²) in [4.78, 5) is 27.7. The lowest BCUT2D eigenvalue weighted by Gasteiger charge is -2.13. The van der Waals surface area contributed by atoms with Crippen molar-refractivity contribution in [3.05, 3.63) is 119 Å². The van der Waals surface area contributed by atoms with E-state index in [1.54, 1.807) is 7.11 Å². The highest BCUT2D eigenvalue weighted by atomic mass is 16.5. The molecular formula is C36H31NO4. The average Bonchev–Trinajstić information content (AvgIpc) is 3.32. The summed E-state index contributed by atoms with van der Waals surface area (Å²) >= 11 is 0. The molecule has 0 saturated heterocycles. The van der Waals surface area contributed by atoms with Gasteiger partial charge in [-0.25, -0.2) is 0 Å². The molecule has 1 aromatic heterocycles. The Hall–Kier alpha value is -4.90. The van der Waals surface area contributed by atoms with Crippen LogP contribution in [0.5, 0.6) is 11.5 Å². The molecule has 0 aliphatic carbocycles. The number of fused-ring (bicyclic) bond motifs is 4. The molecule has 0 aliphatic heterocycles. The van der Waals surface area contributed by atoms with E-state index in [0.29, 0.717) is 34.6 Å². The Morgan fingerprint density at radius 3 is 2.05 bits per heavy atom. The third kappa shape index (κ3) is 4.44. The standard InChI is InChI=1S/C36H31NO4/c1-5-37-31-16-11-24(35(38)27-15-14-26(40-4)19-22(27)3)20-29(31)30-21-25(12-17-32(30)37)36(39)34-28-10-8-7-9-23(28)13-18-33(34)41-6-2/h7-21H,5-6H2,1-4H3. The number of aryl methyl sites for hydroxylation is 2. The summed E-state index contributed by atoms with van der Waals surface area (Å²) in [5, 5.41) is 3.73. The number of ketones is 2. The Labute approximate surface area is 238 Å². The zero-order chi connectivity index (χ0) is 28.7. The first-order chi connectivity index (χ1) is 19.9. The second-order valence-corrected chi connectivity index (χ2v) is 10.1. The Kier molecular flexibility index (Phi) is 6.80. The van der Waals surface area contributed by atoms with Gasteiger partial charge in [0.05, 0.1) is 19.3 Å². The van der Waals surface area contributed by atoms with E-state index in [-0.39, 0.29) is 11.6 Å². The molecule has 6 rings (SSSR count). The largest absolute Gasteiger partial charge is 0.497 e. The zero-order valence-corrected chi connectivity index (χ0v) is 23.7. The van der Waals surface area contributed by atoms with E-state index in [0.717, 1.165) is 50.4 Å². The van der Waals surface area contributed by atoms with Crippen molar-refractivity contribution >= 4 is 44.1 Å². The van der Waals surface area contributed by atoms with Gasteiger partial charge in [0, 0.05) is 45.0 Å². The molecule has 0 spiro atoms. The van der Waals surface area contributed by atoms with Crippen LogP contribution in [-0.4, -0.2) is 29.9 Å². The smallest absolute Gasteiger partial charge is 0.197 e. The van der Waals surface area contributed by atoms with Gasteiger partial charge in [-0.1, -0.05) is 30.3 Å². The molecule has 0 unspecified atom stereocenters. The number of rotatable bonds is 8. The minimum absolute atomic E-state index is 0.0474. The lowest BCUT2D eigenvalue weighted by Crippen LogP contribution is -2.06. The van der Waals surface area contributed by atoms with Gasteiger partial charge in [-0.2, -0.15) is 0 Å². The van der Waals surface area contributed by atoms with Crippen molar-refractivity contribution in [2.24, 2.45) is 0 Å². The minimum Gasteiger partial charge on any atom is -0.497 e. The number of benzene rings is 5. The maximum atomic E-state index is 14.1. The molecule has 5 nitrogen and oxygen atoms in total. The number of hydrogen-bond acceptors (Lipinski definition) is 4. The van der Waals surface area contributed by atoms with Crippen molar-refractivity contribution in [2.75, 3.05) is 13.7 Å². The predicted octanol–water partition coefficient (Wildman–Crippen LogP) is 8.15. The van der Waals surface area contributed by atoms with Crippen LogP contribution in [0, 0.1) is 6.92 Å². The lowest BCUT2D eigenvalue weighted by molar-refractivity contribution is 0.102. The molecule has 0 atom stereocenters. The second-order valence-electron chi connectivity index (χ2n) is 10.1. The van der Waals surface area contributed by atoms with Gasteiger partial charge in [-0.3, -0.25) is 9.59 Å². The number of ether oxygens (including phenoxy) is 2. The van der Waals surface area contributed by atoms with Crippen LogP contribution in [0.2, 0.25) is 0 Å². The van der Waals surface area contributed by atoms with Crippen molar-refractivity contribution in [3.8, 4) is 11.5 Å². The first-order valence-electron chi connectivity index (χ1n) is 13.9. The van der Waals surface area contributed by atoms with Gasteiger partial charge in [0.15, 0.2) is 11.6 Å². The minimum atomic E-state index is -0.0920. The summed E-state index contributed by atoms with van der Waals surface area (Å²) < 4.78 is 13.4. The van der Waals surface area contributed by atoms with E-state index < -0.39 is 0 Å². The molecular weight excluding hydrogens is 510 g/mol. The number of methoxy groups -OCH3 is 1. The molecule has 5 aromatic carbocycles. The van der Waals surface area contributed by atoms with E-state index in [1.165, 1.54) is 0 Å². The number of hydrogen-bond donors (Lipinski definition) is 0. The van der Waals surface area contributed by atoms with Crippen LogP contribution in [0.3, 0.4) is 0 Å². The van der Waals surface area contributed by atoms with Crippen LogP contribution in [0.1, 0.15) is 51.3 Å². The summed E-state index contributed by atoms with van der Waals surface area (Å²) in [6.45, 7) is 7.16.